The second-order valence-corrected chi connectivity index (χ2v) is 4.54. The molecule has 15 heavy (non-hydrogen) atoms. The maximum atomic E-state index is 11.7. The van der Waals surface area contributed by atoms with E-state index in [0.717, 1.165) is 12.8 Å². The zero-order valence-electron chi connectivity index (χ0n) is 9.74. The topological polar surface area (TPSA) is 55.6 Å². The highest BCUT2D eigenvalue weighted by Gasteiger charge is 2.29. The smallest absolute Gasteiger partial charge is 0.410 e. The van der Waals surface area contributed by atoms with Crippen LogP contribution in [0.25, 0.3) is 0 Å². The van der Waals surface area contributed by atoms with Gasteiger partial charge in [-0.05, 0) is 25.2 Å². The van der Waals surface area contributed by atoms with Gasteiger partial charge in [0, 0.05) is 19.1 Å². The molecule has 1 aliphatic carbocycles. The van der Waals surface area contributed by atoms with E-state index in [0.29, 0.717) is 31.7 Å². The molecule has 1 saturated carbocycles. The Balaban J connectivity index is 2.36. The van der Waals surface area contributed by atoms with Crippen LogP contribution in [0, 0.1) is 5.92 Å². The summed E-state index contributed by atoms with van der Waals surface area (Å²) < 4.78 is 5.21. The van der Waals surface area contributed by atoms with Crippen LogP contribution in [0.4, 0.5) is 4.79 Å². The largest absolute Gasteiger partial charge is 0.449 e. The van der Waals surface area contributed by atoms with Crippen LogP contribution in [0.5, 0.6) is 0 Å². The van der Waals surface area contributed by atoms with Gasteiger partial charge in [-0.2, -0.15) is 0 Å². The lowest BCUT2D eigenvalue weighted by Crippen LogP contribution is -2.47. The van der Waals surface area contributed by atoms with Gasteiger partial charge in [0.2, 0.25) is 0 Å². The zero-order valence-corrected chi connectivity index (χ0v) is 9.74. The molecular weight excluding hydrogens is 192 g/mol. The Bertz CT molecular complexity index is 203. The lowest BCUT2D eigenvalue weighted by Gasteiger charge is -2.36. The maximum absolute atomic E-state index is 11.7. The third-order valence-electron chi connectivity index (χ3n) is 2.66. The summed E-state index contributed by atoms with van der Waals surface area (Å²) in [7, 11) is 0. The van der Waals surface area contributed by atoms with Crippen molar-refractivity contribution in [1.29, 1.82) is 0 Å². The van der Waals surface area contributed by atoms with Crippen molar-refractivity contribution in [3.05, 3.63) is 0 Å². The van der Waals surface area contributed by atoms with Crippen LogP contribution in [0.2, 0.25) is 0 Å². The molecular formula is C11H22N2O2. The van der Waals surface area contributed by atoms with Crippen molar-refractivity contribution in [2.75, 3.05) is 19.7 Å². The van der Waals surface area contributed by atoms with Gasteiger partial charge in [0.1, 0.15) is 0 Å². The van der Waals surface area contributed by atoms with Crippen LogP contribution in [0.15, 0.2) is 0 Å². The number of amides is 1. The van der Waals surface area contributed by atoms with Crippen LogP contribution >= 0.6 is 0 Å². The third kappa shape index (κ3) is 3.70. The molecule has 1 fully saturated rings. The normalized spacial score (nSPS) is 16.3. The van der Waals surface area contributed by atoms with E-state index in [1.807, 2.05) is 13.8 Å². The first-order valence-corrected chi connectivity index (χ1v) is 5.78. The third-order valence-corrected chi connectivity index (χ3v) is 2.66. The van der Waals surface area contributed by atoms with Crippen LogP contribution in [-0.2, 0) is 4.74 Å². The molecule has 2 N–H and O–H groups in total. The van der Waals surface area contributed by atoms with Crippen molar-refractivity contribution < 1.29 is 9.53 Å². The molecule has 4 nitrogen and oxygen atoms in total. The Kier molecular flexibility index (Phi) is 4.88. The van der Waals surface area contributed by atoms with E-state index in [1.165, 1.54) is 6.42 Å². The molecule has 1 amide bonds. The average molecular weight is 214 g/mol. The summed E-state index contributed by atoms with van der Waals surface area (Å²) >= 11 is 0. The highest BCUT2D eigenvalue weighted by atomic mass is 16.6. The summed E-state index contributed by atoms with van der Waals surface area (Å²) in [6.07, 6.45) is 3.20. The van der Waals surface area contributed by atoms with Crippen LogP contribution in [0.3, 0.4) is 0 Å². The number of hydrogen-bond donors (Lipinski definition) is 1. The van der Waals surface area contributed by atoms with Gasteiger partial charge in [0.25, 0.3) is 0 Å². The number of ether oxygens (including phenoxy) is 1. The Hall–Kier alpha value is -0.770. The monoisotopic (exact) mass is 214 g/mol. The molecule has 4 heteroatoms. The summed E-state index contributed by atoms with van der Waals surface area (Å²) in [6, 6.07) is 0.369. The first kappa shape index (κ1) is 12.3. The molecule has 0 aliphatic heterocycles. The van der Waals surface area contributed by atoms with Gasteiger partial charge in [-0.1, -0.05) is 13.8 Å². The molecule has 0 bridgehead atoms. The summed E-state index contributed by atoms with van der Waals surface area (Å²) in [5.74, 6) is 0.384. The number of hydrogen-bond acceptors (Lipinski definition) is 3. The quantitative estimate of drug-likeness (QED) is 0.756. The SMILES string of the molecule is CC(C)COC(=O)N(CCN)C1CCC1. The molecule has 0 aromatic carbocycles. The molecule has 88 valence electrons. The van der Waals surface area contributed by atoms with E-state index < -0.39 is 0 Å². The van der Waals surface area contributed by atoms with E-state index in [2.05, 4.69) is 0 Å². The predicted molar refractivity (Wildman–Crippen MR) is 59.6 cm³/mol. The second kappa shape index (κ2) is 5.95. The van der Waals surface area contributed by atoms with Crippen LogP contribution in [0.1, 0.15) is 33.1 Å². The zero-order chi connectivity index (χ0) is 11.3. The predicted octanol–water partition coefficient (Wildman–Crippen LogP) is 1.59. The van der Waals surface area contributed by atoms with Gasteiger partial charge in [-0.3, -0.25) is 0 Å². The minimum atomic E-state index is -0.196. The molecule has 1 rings (SSSR count). The number of rotatable bonds is 5. The summed E-state index contributed by atoms with van der Waals surface area (Å²) in [6.45, 7) is 5.68. The molecule has 0 aromatic rings. The Labute approximate surface area is 91.8 Å². The Morgan fingerprint density at radius 1 is 1.53 bits per heavy atom. The van der Waals surface area contributed by atoms with E-state index in [1.54, 1.807) is 4.90 Å². The summed E-state index contributed by atoms with van der Waals surface area (Å²) in [5, 5.41) is 0. The maximum Gasteiger partial charge on any atom is 0.410 e. The fourth-order valence-corrected chi connectivity index (χ4v) is 1.58. The lowest BCUT2D eigenvalue weighted by atomic mass is 9.92. The Morgan fingerprint density at radius 3 is 2.60 bits per heavy atom. The van der Waals surface area contributed by atoms with Gasteiger partial charge in [0.15, 0.2) is 0 Å². The number of nitrogens with two attached hydrogens (primary N) is 1. The molecule has 0 radical (unpaired) electrons. The van der Waals surface area contributed by atoms with Gasteiger partial charge in [-0.15, -0.1) is 0 Å². The lowest BCUT2D eigenvalue weighted by molar-refractivity contribution is 0.0613. The minimum absolute atomic E-state index is 0.196. The van der Waals surface area contributed by atoms with Gasteiger partial charge >= 0.3 is 6.09 Å². The molecule has 0 atom stereocenters. The van der Waals surface area contributed by atoms with Gasteiger partial charge in [-0.25, -0.2) is 4.79 Å². The van der Waals surface area contributed by atoms with Gasteiger partial charge < -0.3 is 15.4 Å². The van der Waals surface area contributed by atoms with Crippen molar-refractivity contribution in [3.8, 4) is 0 Å². The minimum Gasteiger partial charge on any atom is -0.449 e. The number of carbonyl (C=O) groups excluding carboxylic acids is 1. The van der Waals surface area contributed by atoms with E-state index >= 15 is 0 Å². The number of carbonyl (C=O) groups is 1. The fraction of sp³-hybridized carbons (Fsp3) is 0.909. The molecule has 0 heterocycles. The van der Waals surface area contributed by atoms with Crippen LogP contribution < -0.4 is 5.73 Å². The number of nitrogens with zero attached hydrogens (tertiary/aromatic N) is 1. The molecule has 1 aliphatic rings. The van der Waals surface area contributed by atoms with Crippen molar-refractivity contribution in [1.82, 2.24) is 4.90 Å². The first-order chi connectivity index (χ1) is 7.15. The highest BCUT2D eigenvalue weighted by Crippen LogP contribution is 2.25. The molecule has 0 spiro atoms. The average Bonchev–Trinajstić information content (AvgIpc) is 2.10. The van der Waals surface area contributed by atoms with E-state index in [4.69, 9.17) is 10.5 Å². The second-order valence-electron chi connectivity index (χ2n) is 4.54. The van der Waals surface area contributed by atoms with Crippen molar-refractivity contribution in [2.24, 2.45) is 11.7 Å². The van der Waals surface area contributed by atoms with Crippen molar-refractivity contribution in [3.63, 3.8) is 0 Å². The fourth-order valence-electron chi connectivity index (χ4n) is 1.58. The van der Waals surface area contributed by atoms with Crippen LogP contribution in [-0.4, -0.2) is 36.7 Å². The van der Waals surface area contributed by atoms with Crippen molar-refractivity contribution in [2.45, 2.75) is 39.2 Å². The Morgan fingerprint density at radius 2 is 2.20 bits per heavy atom. The molecule has 0 aromatic heterocycles. The summed E-state index contributed by atoms with van der Waals surface area (Å²) in [5.41, 5.74) is 5.49. The highest BCUT2D eigenvalue weighted by molar-refractivity contribution is 5.68. The van der Waals surface area contributed by atoms with E-state index in [-0.39, 0.29) is 6.09 Å². The summed E-state index contributed by atoms with van der Waals surface area (Å²) in [4.78, 5) is 13.5. The van der Waals surface area contributed by atoms with E-state index in [9.17, 15) is 4.79 Å². The molecule has 0 unspecified atom stereocenters. The first-order valence-electron chi connectivity index (χ1n) is 5.78. The van der Waals surface area contributed by atoms with Crippen molar-refractivity contribution >= 4 is 6.09 Å². The molecule has 0 saturated heterocycles. The standard InChI is InChI=1S/C11H22N2O2/c1-9(2)8-15-11(14)13(7-6-12)10-4-3-5-10/h9-10H,3-8,12H2,1-2H3. The van der Waals surface area contributed by atoms with Gasteiger partial charge in [0.05, 0.1) is 6.61 Å².